The average Bonchev–Trinajstić information content (AvgIpc) is 3.04. The van der Waals surface area contributed by atoms with Gasteiger partial charge in [-0.3, -0.25) is 14.3 Å². The molecule has 7 nitrogen and oxygen atoms in total. The van der Waals surface area contributed by atoms with Gasteiger partial charge in [0.15, 0.2) is 5.69 Å². The molecule has 2 amide bonds. The van der Waals surface area contributed by atoms with E-state index in [1.165, 1.54) is 23.9 Å². The fourth-order valence-electron chi connectivity index (χ4n) is 3.07. The van der Waals surface area contributed by atoms with E-state index in [1.54, 1.807) is 37.4 Å². The highest BCUT2D eigenvalue weighted by Gasteiger charge is 2.16. The number of aryl methyl sites for hydroxylation is 1. The number of carbonyl (C=O) groups excluding carboxylic acids is 2. The maximum Gasteiger partial charge on any atom is 0.271 e. The lowest BCUT2D eigenvalue weighted by Gasteiger charge is -2.26. The van der Waals surface area contributed by atoms with Gasteiger partial charge in [0.05, 0.1) is 0 Å². The lowest BCUT2D eigenvalue weighted by Crippen LogP contribution is -2.37. The molecule has 2 heterocycles. The van der Waals surface area contributed by atoms with Crippen LogP contribution in [0.15, 0.2) is 36.4 Å². The zero-order chi connectivity index (χ0) is 18.4. The number of aromatic nitrogens is 2. The van der Waals surface area contributed by atoms with E-state index >= 15 is 0 Å². The quantitative estimate of drug-likeness (QED) is 0.829. The van der Waals surface area contributed by atoms with Gasteiger partial charge >= 0.3 is 0 Å². The van der Waals surface area contributed by atoms with E-state index in [-0.39, 0.29) is 11.8 Å². The Bertz CT molecular complexity index is 751. The SMILES string of the molecule is Cn1nc(C(=O)NCCN2CCCCC2)cc1NC(=O)c1ccccc1. The molecule has 7 heteroatoms. The van der Waals surface area contributed by atoms with Gasteiger partial charge in [-0.25, -0.2) is 0 Å². The third-order valence-corrected chi connectivity index (χ3v) is 4.55. The molecule has 0 spiro atoms. The molecule has 1 aliphatic rings. The van der Waals surface area contributed by atoms with Crippen LogP contribution >= 0.6 is 0 Å². The topological polar surface area (TPSA) is 79.3 Å². The first-order valence-electron chi connectivity index (χ1n) is 9.04. The van der Waals surface area contributed by atoms with Crippen molar-refractivity contribution in [1.29, 1.82) is 0 Å². The van der Waals surface area contributed by atoms with Gasteiger partial charge in [-0.15, -0.1) is 0 Å². The Balaban J connectivity index is 1.53. The second-order valence-electron chi connectivity index (χ2n) is 6.52. The molecule has 1 fully saturated rings. The average molecular weight is 355 g/mol. The molecule has 0 atom stereocenters. The van der Waals surface area contributed by atoms with Gasteiger partial charge < -0.3 is 15.5 Å². The molecule has 0 saturated carbocycles. The van der Waals surface area contributed by atoms with Crippen molar-refractivity contribution in [3.63, 3.8) is 0 Å². The van der Waals surface area contributed by atoms with E-state index in [0.717, 1.165) is 19.6 Å². The molecular weight excluding hydrogens is 330 g/mol. The van der Waals surface area contributed by atoms with Crippen molar-refractivity contribution in [1.82, 2.24) is 20.0 Å². The van der Waals surface area contributed by atoms with Crippen LogP contribution in [0.1, 0.15) is 40.1 Å². The van der Waals surface area contributed by atoms with Gasteiger partial charge in [0.1, 0.15) is 5.82 Å². The van der Waals surface area contributed by atoms with E-state index in [9.17, 15) is 9.59 Å². The summed E-state index contributed by atoms with van der Waals surface area (Å²) in [5.74, 6) is 0.0310. The van der Waals surface area contributed by atoms with Gasteiger partial charge in [-0.2, -0.15) is 5.10 Å². The Morgan fingerprint density at radius 1 is 1.08 bits per heavy atom. The van der Waals surface area contributed by atoms with Gasteiger partial charge in [-0.05, 0) is 38.1 Å². The number of benzene rings is 1. The number of amides is 2. The Labute approximate surface area is 153 Å². The molecule has 1 aliphatic heterocycles. The normalized spacial score (nSPS) is 14.8. The van der Waals surface area contributed by atoms with Gasteiger partial charge in [0.2, 0.25) is 0 Å². The summed E-state index contributed by atoms with van der Waals surface area (Å²) in [5, 5.41) is 9.88. The number of hydrogen-bond donors (Lipinski definition) is 2. The van der Waals surface area contributed by atoms with Crippen molar-refractivity contribution in [3.05, 3.63) is 47.7 Å². The molecule has 2 N–H and O–H groups in total. The summed E-state index contributed by atoms with van der Waals surface area (Å²) in [6.07, 6.45) is 3.77. The van der Waals surface area contributed by atoms with Crippen LogP contribution < -0.4 is 10.6 Å². The predicted octanol–water partition coefficient (Wildman–Crippen LogP) is 1.89. The van der Waals surface area contributed by atoms with Crippen LogP contribution in [0.25, 0.3) is 0 Å². The Kier molecular flexibility index (Phi) is 6.01. The smallest absolute Gasteiger partial charge is 0.271 e. The number of carbonyl (C=O) groups is 2. The van der Waals surface area contributed by atoms with E-state index in [0.29, 0.717) is 23.6 Å². The monoisotopic (exact) mass is 355 g/mol. The lowest BCUT2D eigenvalue weighted by molar-refractivity contribution is 0.0940. The maximum atomic E-state index is 12.3. The number of hydrogen-bond acceptors (Lipinski definition) is 4. The molecule has 26 heavy (non-hydrogen) atoms. The third kappa shape index (κ3) is 4.70. The summed E-state index contributed by atoms with van der Waals surface area (Å²) in [6.45, 7) is 3.67. The summed E-state index contributed by atoms with van der Waals surface area (Å²) >= 11 is 0. The van der Waals surface area contributed by atoms with Crippen molar-refractivity contribution >= 4 is 17.6 Å². The van der Waals surface area contributed by atoms with Gasteiger partial charge in [0, 0.05) is 31.8 Å². The molecule has 1 aromatic heterocycles. The van der Waals surface area contributed by atoms with Crippen molar-refractivity contribution in [3.8, 4) is 0 Å². The Hall–Kier alpha value is -2.67. The summed E-state index contributed by atoms with van der Waals surface area (Å²) < 4.78 is 1.50. The third-order valence-electron chi connectivity index (χ3n) is 4.55. The number of nitrogens with one attached hydrogen (secondary N) is 2. The second kappa shape index (κ2) is 8.62. The highest BCUT2D eigenvalue weighted by atomic mass is 16.2. The van der Waals surface area contributed by atoms with Crippen molar-refractivity contribution < 1.29 is 9.59 Å². The number of nitrogens with zero attached hydrogens (tertiary/aromatic N) is 3. The Morgan fingerprint density at radius 2 is 1.81 bits per heavy atom. The van der Waals surface area contributed by atoms with Crippen LogP contribution in [0, 0.1) is 0 Å². The van der Waals surface area contributed by atoms with Crippen molar-refractivity contribution in [2.75, 3.05) is 31.5 Å². The van der Waals surface area contributed by atoms with E-state index in [4.69, 9.17) is 0 Å². The van der Waals surface area contributed by atoms with Gasteiger partial charge in [-0.1, -0.05) is 24.6 Å². The van der Waals surface area contributed by atoms with Crippen LogP contribution in [0.3, 0.4) is 0 Å². The van der Waals surface area contributed by atoms with Crippen LogP contribution in [-0.4, -0.2) is 52.7 Å². The van der Waals surface area contributed by atoms with Gasteiger partial charge in [0.25, 0.3) is 11.8 Å². The minimum Gasteiger partial charge on any atom is -0.349 e. The van der Waals surface area contributed by atoms with E-state index in [2.05, 4.69) is 20.6 Å². The van der Waals surface area contributed by atoms with Crippen LogP contribution in [0.4, 0.5) is 5.82 Å². The molecule has 0 bridgehead atoms. The summed E-state index contributed by atoms with van der Waals surface area (Å²) in [4.78, 5) is 26.9. The molecule has 138 valence electrons. The number of rotatable bonds is 6. The number of piperidine rings is 1. The number of likely N-dealkylation sites (tertiary alicyclic amines) is 1. The molecule has 3 rings (SSSR count). The highest BCUT2D eigenvalue weighted by Crippen LogP contribution is 2.11. The lowest BCUT2D eigenvalue weighted by atomic mass is 10.1. The van der Waals surface area contributed by atoms with E-state index in [1.807, 2.05) is 6.07 Å². The second-order valence-corrected chi connectivity index (χ2v) is 6.52. The zero-order valence-corrected chi connectivity index (χ0v) is 15.1. The predicted molar refractivity (Wildman–Crippen MR) is 100 cm³/mol. The van der Waals surface area contributed by atoms with E-state index < -0.39 is 0 Å². The molecule has 2 aromatic rings. The summed E-state index contributed by atoms with van der Waals surface area (Å²) in [6, 6.07) is 10.5. The molecular formula is C19H25N5O2. The minimum atomic E-state index is -0.231. The van der Waals surface area contributed by atoms with Crippen molar-refractivity contribution in [2.24, 2.45) is 7.05 Å². The molecule has 1 saturated heterocycles. The molecule has 0 aliphatic carbocycles. The molecule has 1 aromatic carbocycles. The maximum absolute atomic E-state index is 12.3. The van der Waals surface area contributed by atoms with Crippen LogP contribution in [0.2, 0.25) is 0 Å². The number of anilines is 1. The summed E-state index contributed by atoms with van der Waals surface area (Å²) in [5.41, 5.74) is 0.857. The first kappa shape index (κ1) is 18.1. The molecule has 0 unspecified atom stereocenters. The largest absolute Gasteiger partial charge is 0.349 e. The Morgan fingerprint density at radius 3 is 2.54 bits per heavy atom. The molecule has 0 radical (unpaired) electrons. The minimum absolute atomic E-state index is 0.224. The fourth-order valence-corrected chi connectivity index (χ4v) is 3.07. The van der Waals surface area contributed by atoms with Crippen LogP contribution in [0.5, 0.6) is 0 Å². The highest BCUT2D eigenvalue weighted by molar-refractivity contribution is 6.04. The summed E-state index contributed by atoms with van der Waals surface area (Å²) in [7, 11) is 1.70. The van der Waals surface area contributed by atoms with Crippen molar-refractivity contribution in [2.45, 2.75) is 19.3 Å². The zero-order valence-electron chi connectivity index (χ0n) is 15.1. The first-order chi connectivity index (χ1) is 12.6. The standard InChI is InChI=1S/C19H25N5O2/c1-23-17(21-18(25)15-8-4-2-5-9-15)14-16(22-23)19(26)20-10-13-24-11-6-3-7-12-24/h2,4-5,8-9,14H,3,6-7,10-13H2,1H3,(H,20,26)(H,21,25). The van der Waals surface area contributed by atoms with Crippen LogP contribution in [-0.2, 0) is 7.05 Å². The fraction of sp³-hybridized carbons (Fsp3) is 0.421. The first-order valence-corrected chi connectivity index (χ1v) is 9.04.